The van der Waals surface area contributed by atoms with E-state index in [4.69, 9.17) is 4.74 Å². The van der Waals surface area contributed by atoms with Gasteiger partial charge < -0.3 is 20.3 Å². The van der Waals surface area contributed by atoms with Gasteiger partial charge in [0, 0.05) is 44.6 Å². The van der Waals surface area contributed by atoms with Gasteiger partial charge in [0.2, 0.25) is 0 Å². The average molecular weight is 380 g/mol. The Labute approximate surface area is 166 Å². The number of amides is 2. The summed E-state index contributed by atoms with van der Waals surface area (Å²) in [4.78, 5) is 17.3. The zero-order chi connectivity index (χ0) is 19.3. The third-order valence-electron chi connectivity index (χ3n) is 5.52. The molecule has 2 aliphatic heterocycles. The molecule has 2 N–H and O–H groups in total. The van der Waals surface area contributed by atoms with Crippen molar-refractivity contribution in [2.45, 2.75) is 12.5 Å². The van der Waals surface area contributed by atoms with Gasteiger partial charge in [-0.2, -0.15) is 0 Å². The molecule has 0 spiro atoms. The first kappa shape index (κ1) is 18.8. The summed E-state index contributed by atoms with van der Waals surface area (Å²) < 4.78 is 5.45. The summed E-state index contributed by atoms with van der Waals surface area (Å²) in [5, 5.41) is 6.17. The van der Waals surface area contributed by atoms with Gasteiger partial charge in [0.05, 0.1) is 19.3 Å². The molecule has 1 fully saturated rings. The van der Waals surface area contributed by atoms with Gasteiger partial charge >= 0.3 is 6.03 Å². The number of benzene rings is 2. The molecule has 1 atom stereocenters. The van der Waals surface area contributed by atoms with Crippen LogP contribution in [0.3, 0.4) is 0 Å². The third kappa shape index (κ3) is 4.46. The molecule has 6 nitrogen and oxygen atoms in total. The Bertz CT molecular complexity index is 805. The molecule has 4 rings (SSSR count). The first-order chi connectivity index (χ1) is 13.7. The smallest absolute Gasteiger partial charge is 0.319 e. The highest BCUT2D eigenvalue weighted by atomic mass is 16.5. The van der Waals surface area contributed by atoms with E-state index in [0.717, 1.165) is 57.1 Å². The van der Waals surface area contributed by atoms with Crippen molar-refractivity contribution in [3.63, 3.8) is 0 Å². The molecule has 0 aliphatic carbocycles. The number of urea groups is 1. The molecule has 2 aliphatic rings. The predicted octanol–water partition coefficient (Wildman–Crippen LogP) is 2.87. The van der Waals surface area contributed by atoms with E-state index < -0.39 is 0 Å². The number of morpholine rings is 1. The van der Waals surface area contributed by atoms with Crippen LogP contribution in [0.15, 0.2) is 48.5 Å². The van der Waals surface area contributed by atoms with Crippen LogP contribution in [-0.4, -0.2) is 57.4 Å². The second kappa shape index (κ2) is 8.63. The molecular formula is C22H28N4O2. The standard InChI is InChI=1S/C22H28N4O2/c1-25-10-9-18-7-8-19(15-21(18)25)23-22(27)24-20(17-5-3-2-4-6-17)16-26-11-13-28-14-12-26/h2-8,15,20H,9-14,16H2,1H3,(H2,23,24,27). The van der Waals surface area contributed by atoms with Crippen molar-refractivity contribution in [2.75, 3.05) is 56.7 Å². The molecule has 1 saturated heterocycles. The van der Waals surface area contributed by atoms with Gasteiger partial charge in [-0.25, -0.2) is 4.79 Å². The number of carbonyl (C=O) groups excluding carboxylic acids is 1. The lowest BCUT2D eigenvalue weighted by atomic mass is 10.1. The molecule has 2 aromatic carbocycles. The highest BCUT2D eigenvalue weighted by Gasteiger charge is 2.21. The Hall–Kier alpha value is -2.57. The molecule has 28 heavy (non-hydrogen) atoms. The molecule has 0 bridgehead atoms. The first-order valence-electron chi connectivity index (χ1n) is 9.96. The van der Waals surface area contributed by atoms with Gasteiger partial charge in [-0.05, 0) is 29.7 Å². The molecule has 0 aromatic heterocycles. The molecule has 0 saturated carbocycles. The largest absolute Gasteiger partial charge is 0.379 e. The van der Waals surface area contributed by atoms with Gasteiger partial charge in [0.25, 0.3) is 0 Å². The Kier molecular flexibility index (Phi) is 5.78. The van der Waals surface area contributed by atoms with E-state index in [1.807, 2.05) is 24.3 Å². The lowest BCUT2D eigenvalue weighted by Crippen LogP contribution is -2.44. The van der Waals surface area contributed by atoms with Gasteiger partial charge in [-0.3, -0.25) is 4.90 Å². The number of fused-ring (bicyclic) bond motifs is 1. The van der Waals surface area contributed by atoms with E-state index in [0.29, 0.717) is 0 Å². The van der Waals surface area contributed by atoms with Crippen LogP contribution in [0.4, 0.5) is 16.2 Å². The van der Waals surface area contributed by atoms with Crippen LogP contribution >= 0.6 is 0 Å². The summed E-state index contributed by atoms with van der Waals surface area (Å²) in [6, 6.07) is 16.0. The van der Waals surface area contributed by atoms with Gasteiger partial charge in [0.1, 0.15) is 0 Å². The second-order valence-electron chi connectivity index (χ2n) is 7.49. The molecule has 1 unspecified atom stereocenters. The predicted molar refractivity (Wildman–Crippen MR) is 112 cm³/mol. The normalized spacial score (nSPS) is 17.8. The number of hydrogen-bond acceptors (Lipinski definition) is 4. The molecule has 2 heterocycles. The highest BCUT2D eigenvalue weighted by Crippen LogP contribution is 2.29. The number of hydrogen-bond donors (Lipinski definition) is 2. The Morgan fingerprint density at radius 1 is 1.11 bits per heavy atom. The number of carbonyl (C=O) groups is 1. The number of likely N-dealkylation sites (N-methyl/N-ethyl adjacent to an activating group) is 1. The summed E-state index contributed by atoms with van der Waals surface area (Å²) in [5.74, 6) is 0. The van der Waals surface area contributed by atoms with Crippen LogP contribution in [0.1, 0.15) is 17.2 Å². The lowest BCUT2D eigenvalue weighted by Gasteiger charge is -2.31. The van der Waals surface area contributed by atoms with Gasteiger partial charge in [0.15, 0.2) is 0 Å². The molecule has 2 amide bonds. The van der Waals surface area contributed by atoms with Crippen LogP contribution in [0.2, 0.25) is 0 Å². The number of anilines is 2. The summed E-state index contributed by atoms with van der Waals surface area (Å²) in [7, 11) is 2.09. The number of nitrogens with one attached hydrogen (secondary N) is 2. The summed E-state index contributed by atoms with van der Waals surface area (Å²) in [6.07, 6.45) is 1.06. The topological polar surface area (TPSA) is 56.8 Å². The molecule has 6 heteroatoms. The van der Waals surface area contributed by atoms with E-state index in [-0.39, 0.29) is 12.1 Å². The van der Waals surface area contributed by atoms with Crippen molar-refractivity contribution in [2.24, 2.45) is 0 Å². The highest BCUT2D eigenvalue weighted by molar-refractivity contribution is 5.90. The van der Waals surface area contributed by atoms with Crippen molar-refractivity contribution in [3.05, 3.63) is 59.7 Å². The first-order valence-corrected chi connectivity index (χ1v) is 9.96. The minimum Gasteiger partial charge on any atom is -0.379 e. The van der Waals surface area contributed by atoms with Crippen LogP contribution in [-0.2, 0) is 11.2 Å². The van der Waals surface area contributed by atoms with Crippen LogP contribution in [0.25, 0.3) is 0 Å². The molecular weight excluding hydrogens is 352 g/mol. The van der Waals surface area contributed by atoms with E-state index in [9.17, 15) is 4.79 Å². The SMILES string of the molecule is CN1CCc2ccc(NC(=O)NC(CN3CCOCC3)c3ccccc3)cc21. The number of ether oxygens (including phenoxy) is 1. The van der Waals surface area contributed by atoms with E-state index >= 15 is 0 Å². The maximum Gasteiger partial charge on any atom is 0.319 e. The molecule has 148 valence electrons. The summed E-state index contributed by atoms with van der Waals surface area (Å²) in [5.41, 5.74) is 4.47. The Balaban J connectivity index is 1.44. The lowest BCUT2D eigenvalue weighted by molar-refractivity contribution is 0.0340. The zero-order valence-electron chi connectivity index (χ0n) is 16.4. The number of rotatable bonds is 5. The van der Waals surface area contributed by atoms with E-state index in [2.05, 4.69) is 51.7 Å². The van der Waals surface area contributed by atoms with Crippen molar-refractivity contribution >= 4 is 17.4 Å². The zero-order valence-corrected chi connectivity index (χ0v) is 16.4. The van der Waals surface area contributed by atoms with E-state index in [1.54, 1.807) is 0 Å². The Morgan fingerprint density at radius 3 is 2.68 bits per heavy atom. The average Bonchev–Trinajstić information content (AvgIpc) is 3.09. The van der Waals surface area contributed by atoms with Gasteiger partial charge in [-0.15, -0.1) is 0 Å². The Morgan fingerprint density at radius 2 is 1.89 bits per heavy atom. The molecule has 0 radical (unpaired) electrons. The monoisotopic (exact) mass is 380 g/mol. The second-order valence-corrected chi connectivity index (χ2v) is 7.49. The minimum atomic E-state index is -0.178. The van der Waals surface area contributed by atoms with Crippen molar-refractivity contribution in [1.29, 1.82) is 0 Å². The summed E-state index contributed by atoms with van der Waals surface area (Å²) in [6.45, 7) is 5.08. The third-order valence-corrected chi connectivity index (χ3v) is 5.52. The molecule has 2 aromatic rings. The van der Waals surface area contributed by atoms with Crippen molar-refractivity contribution in [1.82, 2.24) is 10.2 Å². The van der Waals surface area contributed by atoms with Gasteiger partial charge in [-0.1, -0.05) is 36.4 Å². The summed E-state index contributed by atoms with van der Waals surface area (Å²) >= 11 is 0. The number of nitrogens with zero attached hydrogens (tertiary/aromatic N) is 2. The van der Waals surface area contributed by atoms with Crippen molar-refractivity contribution in [3.8, 4) is 0 Å². The van der Waals surface area contributed by atoms with E-state index in [1.165, 1.54) is 11.3 Å². The maximum absolute atomic E-state index is 12.7. The fraction of sp³-hybridized carbons (Fsp3) is 0.409. The fourth-order valence-corrected chi connectivity index (χ4v) is 3.90. The quantitative estimate of drug-likeness (QED) is 0.838. The van der Waals surface area contributed by atoms with Crippen LogP contribution in [0, 0.1) is 0 Å². The van der Waals surface area contributed by atoms with Crippen LogP contribution in [0.5, 0.6) is 0 Å². The maximum atomic E-state index is 12.7. The van der Waals surface area contributed by atoms with Crippen LogP contribution < -0.4 is 15.5 Å². The van der Waals surface area contributed by atoms with Crippen molar-refractivity contribution < 1.29 is 9.53 Å². The minimum absolute atomic E-state index is 0.0728. The fourth-order valence-electron chi connectivity index (χ4n) is 3.90.